The van der Waals surface area contributed by atoms with Crippen molar-refractivity contribution in [3.8, 4) is 11.5 Å². The maximum atomic E-state index is 10.9. The van der Waals surface area contributed by atoms with Crippen LogP contribution in [0.25, 0.3) is 20.4 Å². The number of rotatable bonds is 5. The van der Waals surface area contributed by atoms with E-state index in [2.05, 4.69) is 15.3 Å². The molecule has 8 nitrogen and oxygen atoms in total. The minimum atomic E-state index is -0.416. The molecule has 0 saturated heterocycles. The molecular formula is C16H12N4O4S2. The van der Waals surface area contributed by atoms with Gasteiger partial charge in [-0.25, -0.2) is 9.97 Å². The number of thiazole rings is 2. The van der Waals surface area contributed by atoms with Gasteiger partial charge in [-0.1, -0.05) is 22.7 Å². The number of nitrogens with one attached hydrogen (secondary N) is 1. The van der Waals surface area contributed by atoms with Crippen molar-refractivity contribution in [3.05, 3.63) is 40.4 Å². The van der Waals surface area contributed by atoms with E-state index < -0.39 is 4.92 Å². The molecule has 2 aromatic carbocycles. The summed E-state index contributed by atoms with van der Waals surface area (Å²) in [6, 6.07) is 8.30. The minimum absolute atomic E-state index is 0.0480. The lowest BCUT2D eigenvalue weighted by Crippen LogP contribution is -1.90. The van der Waals surface area contributed by atoms with E-state index in [4.69, 9.17) is 9.47 Å². The number of benzene rings is 2. The number of nitro groups is 1. The molecule has 132 valence electrons. The highest BCUT2D eigenvalue weighted by Gasteiger charge is 2.13. The number of aromatic nitrogens is 2. The first-order valence-corrected chi connectivity index (χ1v) is 9.05. The Labute approximate surface area is 155 Å². The Bertz CT molecular complexity index is 1100. The Morgan fingerprint density at radius 3 is 2.23 bits per heavy atom. The van der Waals surface area contributed by atoms with Crippen molar-refractivity contribution in [2.75, 3.05) is 19.5 Å². The third-order valence-corrected chi connectivity index (χ3v) is 5.56. The highest BCUT2D eigenvalue weighted by atomic mass is 32.1. The molecule has 0 amide bonds. The van der Waals surface area contributed by atoms with Crippen LogP contribution in [0.1, 0.15) is 0 Å². The molecule has 0 atom stereocenters. The summed E-state index contributed by atoms with van der Waals surface area (Å²) in [6.45, 7) is 0. The van der Waals surface area contributed by atoms with Crippen LogP contribution in [0.5, 0.6) is 11.5 Å². The molecule has 0 aliphatic carbocycles. The fourth-order valence-corrected chi connectivity index (χ4v) is 4.32. The van der Waals surface area contributed by atoms with Crippen molar-refractivity contribution in [1.29, 1.82) is 0 Å². The Morgan fingerprint density at radius 2 is 1.58 bits per heavy atom. The molecule has 2 heterocycles. The van der Waals surface area contributed by atoms with E-state index in [1.807, 2.05) is 12.1 Å². The predicted octanol–water partition coefficient (Wildman–Crippen LogP) is 4.58. The van der Waals surface area contributed by atoms with E-state index in [0.717, 1.165) is 14.9 Å². The van der Waals surface area contributed by atoms with Gasteiger partial charge in [-0.2, -0.15) is 0 Å². The third kappa shape index (κ3) is 2.89. The van der Waals surface area contributed by atoms with Gasteiger partial charge in [0.15, 0.2) is 21.8 Å². The van der Waals surface area contributed by atoms with Crippen LogP contribution in [0.3, 0.4) is 0 Å². The zero-order valence-electron chi connectivity index (χ0n) is 13.7. The van der Waals surface area contributed by atoms with E-state index in [0.29, 0.717) is 27.3 Å². The topological polar surface area (TPSA) is 99.4 Å². The van der Waals surface area contributed by atoms with Gasteiger partial charge >= 0.3 is 0 Å². The molecule has 0 saturated carbocycles. The summed E-state index contributed by atoms with van der Waals surface area (Å²) >= 11 is 2.80. The van der Waals surface area contributed by atoms with Gasteiger partial charge in [0.05, 0.1) is 39.6 Å². The molecule has 10 heteroatoms. The molecule has 0 spiro atoms. The Hall–Kier alpha value is -2.98. The summed E-state index contributed by atoms with van der Waals surface area (Å²) in [5.41, 5.74) is 1.53. The number of nitrogens with zero attached hydrogens (tertiary/aromatic N) is 3. The number of anilines is 2. The second kappa shape index (κ2) is 6.39. The van der Waals surface area contributed by atoms with Crippen LogP contribution >= 0.6 is 22.7 Å². The van der Waals surface area contributed by atoms with Crippen LogP contribution in [0.2, 0.25) is 0 Å². The van der Waals surface area contributed by atoms with Crippen molar-refractivity contribution in [2.45, 2.75) is 0 Å². The summed E-state index contributed by atoms with van der Waals surface area (Å²) in [6.07, 6.45) is 0. The van der Waals surface area contributed by atoms with Crippen LogP contribution in [0.15, 0.2) is 30.3 Å². The molecule has 0 aliphatic heterocycles. The maximum absolute atomic E-state index is 10.9. The zero-order chi connectivity index (χ0) is 18.3. The molecule has 0 bridgehead atoms. The summed E-state index contributed by atoms with van der Waals surface area (Å²) in [7, 11) is 3.17. The van der Waals surface area contributed by atoms with E-state index in [9.17, 15) is 10.1 Å². The molecule has 0 aliphatic rings. The van der Waals surface area contributed by atoms with Gasteiger partial charge in [0.1, 0.15) is 0 Å². The first kappa shape index (κ1) is 16.5. The first-order valence-electron chi connectivity index (χ1n) is 7.42. The third-order valence-electron chi connectivity index (χ3n) is 3.69. The predicted molar refractivity (Wildman–Crippen MR) is 102 cm³/mol. The summed E-state index contributed by atoms with van der Waals surface area (Å²) in [4.78, 5) is 19.5. The molecule has 2 aromatic heterocycles. The van der Waals surface area contributed by atoms with Crippen molar-refractivity contribution in [1.82, 2.24) is 9.97 Å². The maximum Gasteiger partial charge on any atom is 0.270 e. The normalized spacial score (nSPS) is 11.0. The number of non-ortho nitro benzene ring substituents is 1. The average molecular weight is 388 g/mol. The molecule has 1 N–H and O–H groups in total. The highest BCUT2D eigenvalue weighted by Crippen LogP contribution is 2.38. The minimum Gasteiger partial charge on any atom is -0.493 e. The quantitative estimate of drug-likeness (QED) is 0.395. The largest absolute Gasteiger partial charge is 0.493 e. The summed E-state index contributed by atoms with van der Waals surface area (Å²) < 4.78 is 12.3. The molecule has 0 unspecified atom stereocenters. The monoisotopic (exact) mass is 388 g/mol. The lowest BCUT2D eigenvalue weighted by atomic mass is 10.3. The first-order chi connectivity index (χ1) is 12.6. The van der Waals surface area contributed by atoms with Crippen LogP contribution < -0.4 is 14.8 Å². The molecule has 4 aromatic rings. The molecule has 0 fully saturated rings. The molecule has 0 radical (unpaired) electrons. The van der Waals surface area contributed by atoms with Crippen molar-refractivity contribution in [3.63, 3.8) is 0 Å². The fraction of sp³-hybridized carbons (Fsp3) is 0.125. The Kier molecular flexibility index (Phi) is 4.05. The van der Waals surface area contributed by atoms with E-state index >= 15 is 0 Å². The van der Waals surface area contributed by atoms with Crippen LogP contribution in [0.4, 0.5) is 16.0 Å². The van der Waals surface area contributed by atoms with E-state index in [1.54, 1.807) is 20.3 Å². The lowest BCUT2D eigenvalue weighted by Gasteiger charge is -2.05. The number of hydrogen-bond donors (Lipinski definition) is 1. The number of hydrogen-bond acceptors (Lipinski definition) is 9. The number of ether oxygens (including phenoxy) is 2. The Balaban J connectivity index is 1.68. The van der Waals surface area contributed by atoms with Crippen LogP contribution in [0, 0.1) is 10.1 Å². The molecule has 26 heavy (non-hydrogen) atoms. The molecule has 4 rings (SSSR count). The van der Waals surface area contributed by atoms with Gasteiger partial charge in [0.2, 0.25) is 0 Å². The number of methoxy groups -OCH3 is 2. The van der Waals surface area contributed by atoms with Crippen molar-refractivity contribution < 1.29 is 14.4 Å². The molecular weight excluding hydrogens is 376 g/mol. The second-order valence-corrected chi connectivity index (χ2v) is 7.31. The lowest BCUT2D eigenvalue weighted by molar-refractivity contribution is -0.384. The van der Waals surface area contributed by atoms with Crippen LogP contribution in [-0.2, 0) is 0 Å². The second-order valence-electron chi connectivity index (χ2n) is 5.25. The number of nitro benzene ring substituents is 1. The van der Waals surface area contributed by atoms with Gasteiger partial charge in [-0.3, -0.25) is 10.1 Å². The smallest absolute Gasteiger partial charge is 0.270 e. The van der Waals surface area contributed by atoms with Gasteiger partial charge < -0.3 is 14.8 Å². The average Bonchev–Trinajstić information content (AvgIpc) is 3.21. The number of fused-ring (bicyclic) bond motifs is 2. The summed E-state index contributed by atoms with van der Waals surface area (Å²) in [5, 5.41) is 15.4. The zero-order valence-corrected chi connectivity index (χ0v) is 15.3. The van der Waals surface area contributed by atoms with Gasteiger partial charge in [-0.05, 0) is 6.07 Å². The van der Waals surface area contributed by atoms with Crippen LogP contribution in [-0.4, -0.2) is 29.1 Å². The highest BCUT2D eigenvalue weighted by molar-refractivity contribution is 7.24. The van der Waals surface area contributed by atoms with Gasteiger partial charge in [-0.15, -0.1) is 0 Å². The van der Waals surface area contributed by atoms with Crippen molar-refractivity contribution >= 4 is 59.1 Å². The Morgan fingerprint density at radius 1 is 0.962 bits per heavy atom. The van der Waals surface area contributed by atoms with E-state index in [1.165, 1.54) is 34.8 Å². The SMILES string of the molecule is COc1cc2nc(Nc3nc4ccc([N+](=O)[O-])cc4s3)sc2cc1OC. The fourth-order valence-electron chi connectivity index (χ4n) is 2.48. The standard InChI is InChI=1S/C16H12N4O4S2/c1-23-11-6-10-14(7-12(11)24-2)26-16(18-10)19-15-17-9-4-3-8(20(21)22)5-13(9)25-15/h3-7H,1-2H3,(H,17,18,19). The van der Waals surface area contributed by atoms with Gasteiger partial charge in [0, 0.05) is 24.3 Å². The van der Waals surface area contributed by atoms with E-state index in [-0.39, 0.29) is 5.69 Å². The summed E-state index contributed by atoms with van der Waals surface area (Å²) in [5.74, 6) is 1.26. The van der Waals surface area contributed by atoms with Crippen molar-refractivity contribution in [2.24, 2.45) is 0 Å². The van der Waals surface area contributed by atoms with Gasteiger partial charge in [0.25, 0.3) is 5.69 Å².